The number of imide groups is 1. The topological polar surface area (TPSA) is 116 Å². The van der Waals surface area contributed by atoms with E-state index in [1.54, 1.807) is 25.1 Å². The molecule has 0 aliphatic carbocycles. The molecule has 3 aromatic carbocycles. The summed E-state index contributed by atoms with van der Waals surface area (Å²) in [4.78, 5) is 49.3. The first-order valence-corrected chi connectivity index (χ1v) is 9.61. The number of amides is 2. The number of nitrogens with zero attached hydrogens (tertiary/aromatic N) is 2. The number of esters is 1. The zero-order chi connectivity index (χ0) is 22.8. The third-order valence-electron chi connectivity index (χ3n) is 4.74. The van der Waals surface area contributed by atoms with Crippen LogP contribution in [0.2, 0.25) is 0 Å². The van der Waals surface area contributed by atoms with Gasteiger partial charge >= 0.3 is 5.97 Å². The molecule has 0 bridgehead atoms. The summed E-state index contributed by atoms with van der Waals surface area (Å²) < 4.78 is 10.6. The quantitative estimate of drug-likeness (QED) is 0.246. The Balaban J connectivity index is 1.62. The number of non-ortho nitro benzene ring substituents is 1. The van der Waals surface area contributed by atoms with Gasteiger partial charge in [-0.05, 0) is 49.4 Å². The molecule has 4 rings (SSSR count). The SMILES string of the molecule is CCOC(=O)c1cccc(N2C(=O)c3ccc(Oc4cccc([N+](=O)[O-])c4)cc3C2=O)c1. The van der Waals surface area contributed by atoms with Gasteiger partial charge in [0.25, 0.3) is 17.5 Å². The Kier molecular flexibility index (Phi) is 5.38. The average molecular weight is 432 g/mol. The summed E-state index contributed by atoms with van der Waals surface area (Å²) in [6, 6.07) is 16.0. The molecule has 0 saturated carbocycles. The van der Waals surface area contributed by atoms with Crippen LogP contribution in [0.25, 0.3) is 0 Å². The highest BCUT2D eigenvalue weighted by atomic mass is 16.6. The normalized spacial score (nSPS) is 12.5. The lowest BCUT2D eigenvalue weighted by Crippen LogP contribution is -2.29. The molecule has 1 aliphatic rings. The molecule has 0 radical (unpaired) electrons. The van der Waals surface area contributed by atoms with E-state index in [0.29, 0.717) is 0 Å². The lowest BCUT2D eigenvalue weighted by atomic mass is 10.1. The number of anilines is 1. The largest absolute Gasteiger partial charge is 0.462 e. The molecule has 9 nitrogen and oxygen atoms in total. The number of hydrogen-bond donors (Lipinski definition) is 0. The zero-order valence-electron chi connectivity index (χ0n) is 16.8. The van der Waals surface area contributed by atoms with Crippen LogP contribution in [-0.4, -0.2) is 29.3 Å². The molecule has 0 aromatic heterocycles. The second-order valence-electron chi connectivity index (χ2n) is 6.78. The van der Waals surface area contributed by atoms with Crippen molar-refractivity contribution in [3.63, 3.8) is 0 Å². The van der Waals surface area contributed by atoms with Crippen molar-refractivity contribution in [1.29, 1.82) is 0 Å². The lowest BCUT2D eigenvalue weighted by Gasteiger charge is -2.14. The highest BCUT2D eigenvalue weighted by Crippen LogP contribution is 2.33. The van der Waals surface area contributed by atoms with Crippen LogP contribution in [0, 0.1) is 10.1 Å². The molecule has 32 heavy (non-hydrogen) atoms. The Morgan fingerprint density at radius 1 is 0.938 bits per heavy atom. The summed E-state index contributed by atoms with van der Waals surface area (Å²) in [5, 5.41) is 10.9. The van der Waals surface area contributed by atoms with Crippen LogP contribution in [0.3, 0.4) is 0 Å². The summed E-state index contributed by atoms with van der Waals surface area (Å²) in [6.07, 6.45) is 0. The van der Waals surface area contributed by atoms with Gasteiger partial charge in [-0.2, -0.15) is 0 Å². The minimum Gasteiger partial charge on any atom is -0.462 e. The number of carbonyl (C=O) groups excluding carboxylic acids is 3. The number of hydrogen-bond acceptors (Lipinski definition) is 7. The summed E-state index contributed by atoms with van der Waals surface area (Å²) in [5.41, 5.74) is 0.628. The number of benzene rings is 3. The monoisotopic (exact) mass is 432 g/mol. The van der Waals surface area contributed by atoms with Gasteiger partial charge in [0.2, 0.25) is 0 Å². The molecule has 1 heterocycles. The van der Waals surface area contributed by atoms with E-state index in [1.807, 2.05) is 0 Å². The lowest BCUT2D eigenvalue weighted by molar-refractivity contribution is -0.384. The predicted octanol–water partition coefficient (Wildman–Crippen LogP) is 4.36. The van der Waals surface area contributed by atoms with Crippen molar-refractivity contribution in [2.75, 3.05) is 11.5 Å². The van der Waals surface area contributed by atoms with Crippen molar-refractivity contribution in [1.82, 2.24) is 0 Å². The van der Waals surface area contributed by atoms with E-state index in [9.17, 15) is 24.5 Å². The maximum absolute atomic E-state index is 13.0. The maximum atomic E-state index is 13.0. The van der Waals surface area contributed by atoms with Crippen molar-refractivity contribution in [2.24, 2.45) is 0 Å². The summed E-state index contributed by atoms with van der Waals surface area (Å²) in [5.74, 6) is -1.20. The summed E-state index contributed by atoms with van der Waals surface area (Å²) in [7, 11) is 0. The average Bonchev–Trinajstić information content (AvgIpc) is 3.03. The van der Waals surface area contributed by atoms with Crippen LogP contribution < -0.4 is 9.64 Å². The molecule has 0 saturated heterocycles. The fraction of sp³-hybridized carbons (Fsp3) is 0.0870. The van der Waals surface area contributed by atoms with E-state index < -0.39 is 22.7 Å². The third kappa shape index (κ3) is 3.79. The standard InChI is InChI=1S/C23H16N2O7/c1-2-31-23(28)14-5-3-6-15(11-14)24-21(26)19-10-9-18(13-20(19)22(24)27)32-17-8-4-7-16(12-17)25(29)30/h3-13H,2H2,1H3. The molecule has 1 aliphatic heterocycles. The minimum absolute atomic E-state index is 0.125. The van der Waals surface area contributed by atoms with Crippen molar-refractivity contribution in [2.45, 2.75) is 6.92 Å². The molecule has 0 fully saturated rings. The van der Waals surface area contributed by atoms with E-state index in [-0.39, 0.29) is 46.2 Å². The van der Waals surface area contributed by atoms with Crippen molar-refractivity contribution in [3.05, 3.63) is 93.5 Å². The molecule has 3 aromatic rings. The molecular weight excluding hydrogens is 416 g/mol. The first kappa shape index (κ1) is 20.7. The van der Waals surface area contributed by atoms with Gasteiger partial charge in [0, 0.05) is 6.07 Å². The van der Waals surface area contributed by atoms with Crippen LogP contribution in [0.1, 0.15) is 38.0 Å². The van der Waals surface area contributed by atoms with Crippen LogP contribution in [0.15, 0.2) is 66.7 Å². The van der Waals surface area contributed by atoms with E-state index in [0.717, 1.165) is 4.90 Å². The van der Waals surface area contributed by atoms with E-state index in [2.05, 4.69) is 0 Å². The van der Waals surface area contributed by atoms with E-state index >= 15 is 0 Å². The first-order chi connectivity index (χ1) is 15.4. The third-order valence-corrected chi connectivity index (χ3v) is 4.74. The van der Waals surface area contributed by atoms with Gasteiger partial charge in [-0.3, -0.25) is 19.7 Å². The number of carbonyl (C=O) groups is 3. The Bertz CT molecular complexity index is 1270. The Morgan fingerprint density at radius 2 is 1.66 bits per heavy atom. The summed E-state index contributed by atoms with van der Waals surface area (Å²) >= 11 is 0. The smallest absolute Gasteiger partial charge is 0.338 e. The molecule has 2 amide bonds. The van der Waals surface area contributed by atoms with Crippen molar-refractivity contribution >= 4 is 29.2 Å². The predicted molar refractivity (Wildman–Crippen MR) is 113 cm³/mol. The molecule has 0 atom stereocenters. The first-order valence-electron chi connectivity index (χ1n) is 9.61. The molecule has 0 unspecified atom stereocenters. The Morgan fingerprint density at radius 3 is 2.41 bits per heavy atom. The maximum Gasteiger partial charge on any atom is 0.338 e. The minimum atomic E-state index is -0.574. The van der Waals surface area contributed by atoms with Gasteiger partial charge in [0.05, 0.1) is 40.0 Å². The molecule has 0 spiro atoms. The fourth-order valence-electron chi connectivity index (χ4n) is 3.30. The van der Waals surface area contributed by atoms with Crippen LogP contribution in [-0.2, 0) is 4.74 Å². The van der Waals surface area contributed by atoms with Gasteiger partial charge in [0.15, 0.2) is 0 Å². The van der Waals surface area contributed by atoms with Gasteiger partial charge < -0.3 is 9.47 Å². The number of ether oxygens (including phenoxy) is 2. The van der Waals surface area contributed by atoms with Gasteiger partial charge in [-0.25, -0.2) is 9.69 Å². The van der Waals surface area contributed by atoms with Crippen molar-refractivity contribution in [3.8, 4) is 11.5 Å². The van der Waals surface area contributed by atoms with Crippen molar-refractivity contribution < 1.29 is 28.8 Å². The van der Waals surface area contributed by atoms with Crippen LogP contribution in [0.5, 0.6) is 11.5 Å². The van der Waals surface area contributed by atoms with E-state index in [4.69, 9.17) is 9.47 Å². The number of nitro benzene ring substituents is 1. The van der Waals surface area contributed by atoms with E-state index in [1.165, 1.54) is 48.5 Å². The summed E-state index contributed by atoms with van der Waals surface area (Å²) in [6.45, 7) is 1.88. The number of rotatable bonds is 6. The Labute approximate surface area is 181 Å². The molecule has 160 valence electrons. The second-order valence-corrected chi connectivity index (χ2v) is 6.78. The van der Waals surface area contributed by atoms with Crippen LogP contribution >= 0.6 is 0 Å². The number of nitro groups is 1. The second kappa shape index (κ2) is 8.31. The fourth-order valence-corrected chi connectivity index (χ4v) is 3.30. The molecular formula is C23H16N2O7. The van der Waals surface area contributed by atoms with Gasteiger partial charge in [-0.15, -0.1) is 0 Å². The Hall–Kier alpha value is -4.53. The number of fused-ring (bicyclic) bond motifs is 1. The highest BCUT2D eigenvalue weighted by Gasteiger charge is 2.37. The molecule has 0 N–H and O–H groups in total. The highest BCUT2D eigenvalue weighted by molar-refractivity contribution is 6.34. The zero-order valence-corrected chi connectivity index (χ0v) is 16.8. The molecule has 9 heteroatoms. The van der Waals surface area contributed by atoms with Crippen LogP contribution in [0.4, 0.5) is 11.4 Å². The van der Waals surface area contributed by atoms with Gasteiger partial charge in [-0.1, -0.05) is 12.1 Å². The van der Waals surface area contributed by atoms with Gasteiger partial charge in [0.1, 0.15) is 11.5 Å².